The largest absolute Gasteiger partial charge is 0.339 e. The molecular weight excluding hydrogens is 342 g/mol. The predicted molar refractivity (Wildman–Crippen MR) is 90.6 cm³/mol. The number of hydrogen-bond donors (Lipinski definition) is 0. The van der Waals surface area contributed by atoms with Crippen molar-refractivity contribution in [2.75, 3.05) is 6.54 Å². The molecule has 0 bridgehead atoms. The Kier molecular flexibility index (Phi) is 3.99. The van der Waals surface area contributed by atoms with Gasteiger partial charge in [-0.15, -0.1) is 0 Å². The molecule has 25 heavy (non-hydrogen) atoms. The summed E-state index contributed by atoms with van der Waals surface area (Å²) >= 11 is 0. The van der Waals surface area contributed by atoms with Crippen LogP contribution in [0.5, 0.6) is 0 Å². The summed E-state index contributed by atoms with van der Waals surface area (Å²) in [5.74, 6) is 0.448. The zero-order valence-electron chi connectivity index (χ0n) is 14.1. The lowest BCUT2D eigenvalue weighted by Crippen LogP contribution is -2.40. The predicted octanol–water partition coefficient (Wildman–Crippen LogP) is 0.707. The van der Waals surface area contributed by atoms with E-state index in [0.717, 1.165) is 25.0 Å². The van der Waals surface area contributed by atoms with Crippen LogP contribution < -0.4 is 5.56 Å². The number of aromatic nitrogens is 4. The van der Waals surface area contributed by atoms with E-state index in [0.29, 0.717) is 18.9 Å². The van der Waals surface area contributed by atoms with E-state index in [1.54, 1.807) is 17.7 Å². The first kappa shape index (κ1) is 16.5. The van der Waals surface area contributed by atoms with Gasteiger partial charge in [0, 0.05) is 37.8 Å². The van der Waals surface area contributed by atoms with Gasteiger partial charge in [0.15, 0.2) is 5.03 Å². The molecule has 0 aromatic carbocycles. The maximum absolute atomic E-state index is 12.9. The Morgan fingerprint density at radius 1 is 1.24 bits per heavy atom. The summed E-state index contributed by atoms with van der Waals surface area (Å²) in [6, 6.07) is 3.05. The van der Waals surface area contributed by atoms with E-state index in [9.17, 15) is 13.2 Å². The summed E-state index contributed by atoms with van der Waals surface area (Å²) in [6.07, 6.45) is 6.68. The number of aryl methyl sites for hydroxylation is 1. The van der Waals surface area contributed by atoms with Crippen LogP contribution in [0.2, 0.25) is 0 Å². The lowest BCUT2D eigenvalue weighted by molar-refractivity contribution is 0.333. The lowest BCUT2D eigenvalue weighted by Gasteiger charge is -2.23. The van der Waals surface area contributed by atoms with E-state index in [1.807, 2.05) is 0 Å². The summed E-state index contributed by atoms with van der Waals surface area (Å²) in [6.45, 7) is 0.728. The average molecular weight is 363 g/mol. The Bertz CT molecular complexity index is 945. The Balaban J connectivity index is 1.60. The van der Waals surface area contributed by atoms with Crippen molar-refractivity contribution in [1.29, 1.82) is 0 Å². The Morgan fingerprint density at radius 2 is 2.04 bits per heavy atom. The summed E-state index contributed by atoms with van der Waals surface area (Å²) in [5, 5.41) is 4.50. The van der Waals surface area contributed by atoms with Gasteiger partial charge >= 0.3 is 0 Å². The molecule has 8 nitrogen and oxygen atoms in total. The van der Waals surface area contributed by atoms with Gasteiger partial charge < -0.3 is 4.57 Å². The maximum Gasteiger partial charge on any atom is 0.266 e. The molecular formula is C16H21N5O3S. The van der Waals surface area contributed by atoms with Crippen molar-refractivity contribution in [3.63, 3.8) is 0 Å². The van der Waals surface area contributed by atoms with Crippen LogP contribution in [0.4, 0.5) is 0 Å². The van der Waals surface area contributed by atoms with E-state index >= 15 is 0 Å². The first-order chi connectivity index (χ1) is 11.9. The van der Waals surface area contributed by atoms with Gasteiger partial charge in [-0.2, -0.15) is 9.40 Å². The molecule has 1 saturated carbocycles. The summed E-state index contributed by atoms with van der Waals surface area (Å²) in [7, 11) is -1.92. The fourth-order valence-corrected chi connectivity index (χ4v) is 5.00. The summed E-state index contributed by atoms with van der Waals surface area (Å²) in [5.41, 5.74) is 0.739. The summed E-state index contributed by atoms with van der Waals surface area (Å²) in [4.78, 5) is 16.1. The first-order valence-corrected chi connectivity index (χ1v) is 9.97. The zero-order chi connectivity index (χ0) is 17.6. The highest BCUT2D eigenvalue weighted by atomic mass is 32.2. The highest BCUT2D eigenvalue weighted by molar-refractivity contribution is 7.89. The molecule has 2 fully saturated rings. The minimum Gasteiger partial charge on any atom is -0.339 e. The van der Waals surface area contributed by atoms with Gasteiger partial charge in [0.05, 0.1) is 18.6 Å². The van der Waals surface area contributed by atoms with Crippen molar-refractivity contribution in [3.8, 4) is 0 Å². The van der Waals surface area contributed by atoms with Crippen LogP contribution in [0.15, 0.2) is 34.5 Å². The third-order valence-corrected chi connectivity index (χ3v) is 6.68. The third-order valence-electron chi connectivity index (χ3n) is 4.84. The van der Waals surface area contributed by atoms with E-state index in [2.05, 4.69) is 10.1 Å². The van der Waals surface area contributed by atoms with Gasteiger partial charge in [0.2, 0.25) is 0 Å². The van der Waals surface area contributed by atoms with E-state index in [1.165, 1.54) is 27.6 Å². The van der Waals surface area contributed by atoms with Crippen molar-refractivity contribution < 1.29 is 8.42 Å². The van der Waals surface area contributed by atoms with Crippen LogP contribution in [-0.4, -0.2) is 44.6 Å². The van der Waals surface area contributed by atoms with Gasteiger partial charge in [0.1, 0.15) is 0 Å². The van der Waals surface area contributed by atoms with E-state index in [4.69, 9.17) is 0 Å². The monoisotopic (exact) mass is 363 g/mol. The normalized spacial score (nSPS) is 21.7. The van der Waals surface area contributed by atoms with Crippen LogP contribution in [-0.2, 0) is 23.6 Å². The minimum absolute atomic E-state index is 0.0499. The second kappa shape index (κ2) is 6.06. The molecule has 0 radical (unpaired) electrons. The molecule has 9 heteroatoms. The molecule has 134 valence electrons. The van der Waals surface area contributed by atoms with Gasteiger partial charge in [0.25, 0.3) is 15.6 Å². The second-order valence-corrected chi connectivity index (χ2v) is 8.68. The van der Waals surface area contributed by atoms with Crippen LogP contribution in [0, 0.1) is 0 Å². The topological polar surface area (TPSA) is 90.1 Å². The van der Waals surface area contributed by atoms with Gasteiger partial charge in [-0.3, -0.25) is 4.79 Å². The fraction of sp³-hybridized carbons (Fsp3) is 0.562. The van der Waals surface area contributed by atoms with Gasteiger partial charge in [-0.05, 0) is 31.7 Å². The zero-order valence-corrected chi connectivity index (χ0v) is 14.9. The van der Waals surface area contributed by atoms with Crippen molar-refractivity contribution in [1.82, 2.24) is 23.6 Å². The van der Waals surface area contributed by atoms with E-state index < -0.39 is 10.0 Å². The molecule has 4 rings (SSSR count). The highest BCUT2D eigenvalue weighted by Gasteiger charge is 2.37. The SMILES string of the molecule is Cn1cnc(S(=O)(=O)N2CCCC2Cn2nc(C3CC3)ccc2=O)c1. The lowest BCUT2D eigenvalue weighted by atomic mass is 10.2. The molecule has 1 unspecified atom stereocenters. The van der Waals surface area contributed by atoms with Crippen molar-refractivity contribution in [2.45, 2.75) is 49.2 Å². The maximum atomic E-state index is 12.9. The van der Waals surface area contributed by atoms with Crippen LogP contribution in [0.25, 0.3) is 0 Å². The van der Waals surface area contributed by atoms with Crippen molar-refractivity contribution in [3.05, 3.63) is 40.7 Å². The Morgan fingerprint density at radius 3 is 2.72 bits per heavy atom. The van der Waals surface area contributed by atoms with Gasteiger partial charge in [-0.1, -0.05) is 0 Å². The number of rotatable bonds is 5. The standard InChI is InChI=1S/C16H21N5O3S/c1-19-10-15(17-11-19)25(23,24)21-8-2-3-13(21)9-20-16(22)7-6-14(18-20)12-4-5-12/h6-7,10-13H,2-5,8-9H2,1H3. The van der Waals surface area contributed by atoms with Crippen molar-refractivity contribution >= 4 is 10.0 Å². The molecule has 3 heterocycles. The molecule has 2 aliphatic rings. The molecule has 0 spiro atoms. The van der Waals surface area contributed by atoms with Crippen molar-refractivity contribution in [2.24, 2.45) is 7.05 Å². The van der Waals surface area contributed by atoms with Crippen LogP contribution in [0.3, 0.4) is 0 Å². The average Bonchev–Trinajstić information content (AvgIpc) is 3.15. The smallest absolute Gasteiger partial charge is 0.266 e. The summed E-state index contributed by atoms with van der Waals surface area (Å²) < 4.78 is 30.2. The molecule has 1 aliphatic heterocycles. The van der Waals surface area contributed by atoms with Crippen LogP contribution >= 0.6 is 0 Å². The second-order valence-electron chi connectivity index (χ2n) is 6.84. The molecule has 1 saturated heterocycles. The van der Waals surface area contributed by atoms with Gasteiger partial charge in [-0.25, -0.2) is 18.1 Å². The molecule has 2 aromatic heterocycles. The Labute approximate surface area is 146 Å². The molecule has 1 aliphatic carbocycles. The molecule has 0 N–H and O–H groups in total. The minimum atomic E-state index is -3.66. The fourth-order valence-electron chi connectivity index (χ4n) is 3.34. The highest BCUT2D eigenvalue weighted by Crippen LogP contribution is 2.38. The first-order valence-electron chi connectivity index (χ1n) is 8.53. The number of imidazole rings is 1. The quantitative estimate of drug-likeness (QED) is 0.780. The number of sulfonamides is 1. The molecule has 2 aromatic rings. The van der Waals surface area contributed by atoms with E-state index in [-0.39, 0.29) is 23.2 Å². The Hall–Kier alpha value is -2.00. The third kappa shape index (κ3) is 3.13. The molecule has 1 atom stereocenters. The molecule has 0 amide bonds. The van der Waals surface area contributed by atoms with Crippen LogP contribution in [0.1, 0.15) is 37.3 Å². The number of hydrogen-bond acceptors (Lipinski definition) is 5. The number of nitrogens with zero attached hydrogens (tertiary/aromatic N) is 5.